The van der Waals surface area contributed by atoms with Crippen LogP contribution in [0.25, 0.3) is 0 Å². The predicted molar refractivity (Wildman–Crippen MR) is 103 cm³/mol. The SMILES string of the molecule is CC(=O)N(CCC(=O)Nc1ccc(C)cc1C)c1cc(Cl)ccc1C. The molecule has 0 atom stereocenters. The Bertz CT molecular complexity index is 802. The van der Waals surface area contributed by atoms with Gasteiger partial charge in [-0.1, -0.05) is 35.4 Å². The average molecular weight is 359 g/mol. The maximum Gasteiger partial charge on any atom is 0.226 e. The van der Waals surface area contributed by atoms with Gasteiger partial charge < -0.3 is 10.2 Å². The molecule has 1 N–H and O–H groups in total. The van der Waals surface area contributed by atoms with E-state index in [9.17, 15) is 9.59 Å². The van der Waals surface area contributed by atoms with Crippen LogP contribution in [0.1, 0.15) is 30.0 Å². The Morgan fingerprint density at radius 2 is 1.76 bits per heavy atom. The first kappa shape index (κ1) is 19.0. The Hall–Kier alpha value is -2.33. The molecule has 0 aromatic heterocycles. The lowest BCUT2D eigenvalue weighted by molar-refractivity contribution is -0.117. The van der Waals surface area contributed by atoms with Gasteiger partial charge in [-0.15, -0.1) is 0 Å². The second-order valence-electron chi connectivity index (χ2n) is 6.22. The smallest absolute Gasteiger partial charge is 0.226 e. The zero-order chi connectivity index (χ0) is 18.6. The van der Waals surface area contributed by atoms with Crippen LogP contribution >= 0.6 is 11.6 Å². The van der Waals surface area contributed by atoms with Crippen LogP contribution in [0.3, 0.4) is 0 Å². The summed E-state index contributed by atoms with van der Waals surface area (Å²) in [6.07, 6.45) is 0.207. The Labute approximate surface area is 153 Å². The van der Waals surface area contributed by atoms with Gasteiger partial charge >= 0.3 is 0 Å². The van der Waals surface area contributed by atoms with E-state index in [1.807, 2.05) is 45.0 Å². The minimum absolute atomic E-state index is 0.121. The number of carbonyl (C=O) groups is 2. The summed E-state index contributed by atoms with van der Waals surface area (Å²) in [7, 11) is 0. The van der Waals surface area contributed by atoms with Gasteiger partial charge in [0.05, 0.1) is 0 Å². The lowest BCUT2D eigenvalue weighted by atomic mass is 10.1. The van der Waals surface area contributed by atoms with Crippen LogP contribution in [0, 0.1) is 20.8 Å². The fourth-order valence-electron chi connectivity index (χ4n) is 2.70. The van der Waals surface area contributed by atoms with Crippen LogP contribution < -0.4 is 10.2 Å². The largest absolute Gasteiger partial charge is 0.326 e. The minimum atomic E-state index is -0.127. The van der Waals surface area contributed by atoms with Gasteiger partial charge in [0.15, 0.2) is 0 Å². The molecule has 5 heteroatoms. The Kier molecular flexibility index (Phi) is 6.21. The van der Waals surface area contributed by atoms with Gasteiger partial charge in [0.2, 0.25) is 11.8 Å². The second-order valence-corrected chi connectivity index (χ2v) is 6.65. The number of hydrogen-bond donors (Lipinski definition) is 1. The van der Waals surface area contributed by atoms with Crippen molar-refractivity contribution < 1.29 is 9.59 Å². The molecule has 0 spiro atoms. The summed E-state index contributed by atoms with van der Waals surface area (Å²) >= 11 is 6.05. The summed E-state index contributed by atoms with van der Waals surface area (Å²) < 4.78 is 0. The van der Waals surface area contributed by atoms with E-state index in [0.717, 1.165) is 28.1 Å². The normalized spacial score (nSPS) is 10.4. The molecule has 0 heterocycles. The van der Waals surface area contributed by atoms with Gasteiger partial charge in [-0.3, -0.25) is 9.59 Å². The summed E-state index contributed by atoms with van der Waals surface area (Å²) in [5, 5.41) is 3.47. The van der Waals surface area contributed by atoms with Gasteiger partial charge in [-0.05, 0) is 50.1 Å². The van der Waals surface area contributed by atoms with Crippen molar-refractivity contribution >= 4 is 34.8 Å². The molecular weight excluding hydrogens is 336 g/mol. The molecule has 0 radical (unpaired) electrons. The Balaban J connectivity index is 2.07. The number of hydrogen-bond acceptors (Lipinski definition) is 2. The minimum Gasteiger partial charge on any atom is -0.326 e. The monoisotopic (exact) mass is 358 g/mol. The molecule has 0 unspecified atom stereocenters. The maximum absolute atomic E-state index is 12.3. The van der Waals surface area contributed by atoms with Crippen LogP contribution in [0.2, 0.25) is 5.02 Å². The third-order valence-electron chi connectivity index (χ3n) is 4.06. The molecule has 0 aliphatic carbocycles. The predicted octanol–water partition coefficient (Wildman–Crippen LogP) is 4.65. The van der Waals surface area contributed by atoms with E-state index in [4.69, 9.17) is 11.6 Å². The highest BCUT2D eigenvalue weighted by atomic mass is 35.5. The van der Waals surface area contributed by atoms with Crippen LogP contribution in [-0.4, -0.2) is 18.4 Å². The highest BCUT2D eigenvalue weighted by Crippen LogP contribution is 2.25. The lowest BCUT2D eigenvalue weighted by Gasteiger charge is -2.23. The van der Waals surface area contributed by atoms with E-state index in [-0.39, 0.29) is 18.2 Å². The summed E-state index contributed by atoms with van der Waals surface area (Å²) in [5.41, 5.74) is 4.63. The lowest BCUT2D eigenvalue weighted by Crippen LogP contribution is -2.32. The van der Waals surface area contributed by atoms with Crippen LogP contribution in [0.5, 0.6) is 0 Å². The number of amides is 2. The molecule has 0 aliphatic rings. The van der Waals surface area contributed by atoms with Crippen molar-refractivity contribution in [2.75, 3.05) is 16.8 Å². The van der Waals surface area contributed by atoms with Crippen molar-refractivity contribution in [2.24, 2.45) is 0 Å². The van der Waals surface area contributed by atoms with Crippen molar-refractivity contribution in [1.82, 2.24) is 0 Å². The van der Waals surface area contributed by atoms with E-state index < -0.39 is 0 Å². The topological polar surface area (TPSA) is 49.4 Å². The zero-order valence-electron chi connectivity index (χ0n) is 15.0. The van der Waals surface area contributed by atoms with Gasteiger partial charge in [0.1, 0.15) is 0 Å². The van der Waals surface area contributed by atoms with E-state index in [0.29, 0.717) is 11.6 Å². The summed E-state index contributed by atoms with van der Waals surface area (Å²) in [4.78, 5) is 25.9. The third-order valence-corrected chi connectivity index (χ3v) is 4.30. The number of aryl methyl sites for hydroxylation is 3. The van der Waals surface area contributed by atoms with Crippen molar-refractivity contribution in [1.29, 1.82) is 0 Å². The number of rotatable bonds is 5. The fourth-order valence-corrected chi connectivity index (χ4v) is 2.87. The molecule has 2 amide bonds. The maximum atomic E-state index is 12.3. The first-order valence-corrected chi connectivity index (χ1v) is 8.57. The molecule has 2 aromatic carbocycles. The van der Waals surface area contributed by atoms with Crippen molar-refractivity contribution in [3.63, 3.8) is 0 Å². The molecule has 25 heavy (non-hydrogen) atoms. The number of nitrogens with zero attached hydrogens (tertiary/aromatic N) is 1. The second kappa shape index (κ2) is 8.17. The summed E-state index contributed by atoms with van der Waals surface area (Å²) in [5.74, 6) is -0.248. The highest BCUT2D eigenvalue weighted by Gasteiger charge is 2.16. The van der Waals surface area contributed by atoms with Gasteiger partial charge in [-0.25, -0.2) is 0 Å². The standard InChI is InChI=1S/C20H23ClN2O2/c1-13-5-8-18(15(3)11-13)22-20(25)9-10-23(16(4)24)19-12-17(21)7-6-14(19)2/h5-8,11-12H,9-10H2,1-4H3,(H,22,25). The molecular formula is C20H23ClN2O2. The molecule has 2 aromatic rings. The van der Waals surface area contributed by atoms with Gasteiger partial charge in [-0.2, -0.15) is 0 Å². The van der Waals surface area contributed by atoms with Crippen LogP contribution in [0.15, 0.2) is 36.4 Å². The summed E-state index contributed by atoms with van der Waals surface area (Å²) in [6.45, 7) is 7.67. The third kappa shape index (κ3) is 5.07. The molecule has 4 nitrogen and oxygen atoms in total. The van der Waals surface area contributed by atoms with E-state index >= 15 is 0 Å². The summed E-state index contributed by atoms with van der Waals surface area (Å²) in [6, 6.07) is 11.3. The zero-order valence-corrected chi connectivity index (χ0v) is 15.8. The van der Waals surface area contributed by atoms with Gasteiger partial charge in [0.25, 0.3) is 0 Å². The highest BCUT2D eigenvalue weighted by molar-refractivity contribution is 6.31. The van der Waals surface area contributed by atoms with E-state index in [1.165, 1.54) is 6.92 Å². The first-order chi connectivity index (χ1) is 11.8. The van der Waals surface area contributed by atoms with Crippen molar-refractivity contribution in [3.8, 4) is 0 Å². The van der Waals surface area contributed by atoms with E-state index in [2.05, 4.69) is 5.32 Å². The van der Waals surface area contributed by atoms with Crippen LogP contribution in [-0.2, 0) is 9.59 Å². The van der Waals surface area contributed by atoms with Crippen molar-refractivity contribution in [2.45, 2.75) is 34.1 Å². The fraction of sp³-hybridized carbons (Fsp3) is 0.300. The quantitative estimate of drug-likeness (QED) is 0.845. The van der Waals surface area contributed by atoms with Crippen molar-refractivity contribution in [3.05, 3.63) is 58.1 Å². The number of nitrogens with one attached hydrogen (secondary N) is 1. The average Bonchev–Trinajstić information content (AvgIpc) is 2.53. The van der Waals surface area contributed by atoms with Crippen LogP contribution in [0.4, 0.5) is 11.4 Å². The first-order valence-electron chi connectivity index (χ1n) is 8.19. The van der Waals surface area contributed by atoms with E-state index in [1.54, 1.807) is 17.0 Å². The molecule has 0 saturated heterocycles. The molecule has 0 aliphatic heterocycles. The Morgan fingerprint density at radius 1 is 1.04 bits per heavy atom. The molecule has 0 fully saturated rings. The number of carbonyl (C=O) groups excluding carboxylic acids is 2. The Morgan fingerprint density at radius 3 is 2.40 bits per heavy atom. The number of anilines is 2. The number of benzene rings is 2. The molecule has 2 rings (SSSR count). The molecule has 0 saturated carbocycles. The molecule has 0 bridgehead atoms. The number of halogens is 1. The molecule has 132 valence electrons. The van der Waals surface area contributed by atoms with Gasteiger partial charge in [0, 0.05) is 36.3 Å².